The fourth-order valence-electron chi connectivity index (χ4n) is 2.30. The summed E-state index contributed by atoms with van der Waals surface area (Å²) in [5, 5.41) is 27.8. The van der Waals surface area contributed by atoms with Crippen molar-refractivity contribution in [1.82, 2.24) is 9.78 Å². The predicted octanol–water partition coefficient (Wildman–Crippen LogP) is 2.57. The van der Waals surface area contributed by atoms with Gasteiger partial charge in [-0.15, -0.1) is 0 Å². The molecule has 0 aromatic carbocycles. The number of rotatable bonds is 8. The molecule has 1 aromatic heterocycles. The molecule has 1 rings (SSSR count). The van der Waals surface area contributed by atoms with Crippen molar-refractivity contribution in [3.8, 4) is 0 Å². The Labute approximate surface area is 123 Å². The molecular formula is C13H22N4O4. The van der Waals surface area contributed by atoms with Crippen molar-refractivity contribution in [3.63, 3.8) is 0 Å². The third-order valence-electron chi connectivity index (χ3n) is 3.69. The van der Waals surface area contributed by atoms with Crippen LogP contribution in [-0.4, -0.2) is 31.3 Å². The lowest BCUT2D eigenvalue weighted by Gasteiger charge is -2.28. The molecule has 1 aromatic rings. The van der Waals surface area contributed by atoms with Gasteiger partial charge in [-0.25, -0.2) is 9.48 Å². The van der Waals surface area contributed by atoms with Crippen LogP contribution in [0, 0.1) is 17.0 Å². The Kier molecular flexibility index (Phi) is 5.28. The molecule has 2 N–H and O–H groups in total. The minimum atomic E-state index is -1.23. The molecule has 0 saturated heterocycles. The maximum absolute atomic E-state index is 11.6. The number of hydrogen-bond donors (Lipinski definition) is 2. The number of carbonyl (C=O) groups is 1. The molecule has 8 heteroatoms. The zero-order chi connectivity index (χ0) is 16.2. The Bertz CT molecular complexity index is 535. The van der Waals surface area contributed by atoms with Gasteiger partial charge in [0.1, 0.15) is 11.2 Å². The minimum absolute atomic E-state index is 0.157. The van der Waals surface area contributed by atoms with E-state index in [0.717, 1.165) is 6.42 Å². The number of nitrogens with one attached hydrogen (secondary N) is 1. The van der Waals surface area contributed by atoms with Crippen LogP contribution in [0.1, 0.15) is 45.7 Å². The highest BCUT2D eigenvalue weighted by atomic mass is 16.6. The predicted molar refractivity (Wildman–Crippen MR) is 78.5 cm³/mol. The lowest BCUT2D eigenvalue weighted by molar-refractivity contribution is -0.384. The van der Waals surface area contributed by atoms with Crippen LogP contribution in [0.3, 0.4) is 0 Å². The van der Waals surface area contributed by atoms with E-state index in [-0.39, 0.29) is 17.2 Å². The molecule has 118 valence electrons. The number of nitro groups is 1. The van der Waals surface area contributed by atoms with Crippen molar-refractivity contribution in [1.29, 1.82) is 0 Å². The Balaban J connectivity index is 3.39. The Hall–Kier alpha value is -2.12. The fraction of sp³-hybridized carbons (Fsp3) is 0.692. The van der Waals surface area contributed by atoms with Crippen molar-refractivity contribution < 1.29 is 14.8 Å². The number of anilines is 1. The van der Waals surface area contributed by atoms with Crippen LogP contribution < -0.4 is 5.32 Å². The van der Waals surface area contributed by atoms with E-state index in [9.17, 15) is 20.0 Å². The largest absolute Gasteiger partial charge is 0.480 e. The topological polar surface area (TPSA) is 110 Å². The lowest BCUT2D eigenvalue weighted by Crippen LogP contribution is -2.46. The van der Waals surface area contributed by atoms with Crippen LogP contribution in [0.5, 0.6) is 0 Å². The van der Waals surface area contributed by atoms with Gasteiger partial charge >= 0.3 is 11.7 Å². The first-order chi connectivity index (χ1) is 9.82. The average Bonchev–Trinajstić information content (AvgIpc) is 2.72. The van der Waals surface area contributed by atoms with E-state index >= 15 is 0 Å². The second-order valence-corrected chi connectivity index (χ2v) is 4.98. The monoisotopic (exact) mass is 298 g/mol. The summed E-state index contributed by atoms with van der Waals surface area (Å²) in [7, 11) is 0. The minimum Gasteiger partial charge on any atom is -0.480 e. The normalized spacial score (nSPS) is 11.4. The van der Waals surface area contributed by atoms with Gasteiger partial charge in [-0.2, -0.15) is 5.10 Å². The molecule has 0 aliphatic heterocycles. The first-order valence-corrected chi connectivity index (χ1v) is 7.06. The summed E-state index contributed by atoms with van der Waals surface area (Å²) in [5.41, 5.74) is -1.11. The van der Waals surface area contributed by atoms with Gasteiger partial charge in [-0.3, -0.25) is 10.1 Å². The summed E-state index contributed by atoms with van der Waals surface area (Å²) >= 11 is 0. The van der Waals surface area contributed by atoms with Gasteiger partial charge in [0, 0.05) is 6.54 Å². The Morgan fingerprint density at radius 1 is 1.43 bits per heavy atom. The molecule has 0 aliphatic carbocycles. The van der Waals surface area contributed by atoms with E-state index in [2.05, 4.69) is 10.4 Å². The number of nitrogens with zero attached hydrogens (tertiary/aromatic N) is 3. The second kappa shape index (κ2) is 6.55. The molecule has 8 nitrogen and oxygen atoms in total. The van der Waals surface area contributed by atoms with Gasteiger partial charge in [0.15, 0.2) is 0 Å². The van der Waals surface area contributed by atoms with E-state index < -0.39 is 16.4 Å². The summed E-state index contributed by atoms with van der Waals surface area (Å²) in [6, 6.07) is 0. The Morgan fingerprint density at radius 2 is 2.00 bits per heavy atom. The first-order valence-electron chi connectivity index (χ1n) is 7.06. The van der Waals surface area contributed by atoms with Crippen LogP contribution in [0.2, 0.25) is 0 Å². The molecule has 0 fully saturated rings. The van der Waals surface area contributed by atoms with E-state index in [1.807, 2.05) is 6.92 Å². The average molecular weight is 298 g/mol. The molecule has 1 heterocycles. The number of aromatic nitrogens is 2. The first kappa shape index (κ1) is 16.9. The van der Waals surface area contributed by atoms with Crippen molar-refractivity contribution in [2.75, 3.05) is 5.32 Å². The van der Waals surface area contributed by atoms with Gasteiger partial charge in [-0.05, 0) is 26.2 Å². The highest BCUT2D eigenvalue weighted by Gasteiger charge is 2.39. The molecule has 0 spiro atoms. The number of aryl methyl sites for hydroxylation is 2. The second-order valence-electron chi connectivity index (χ2n) is 4.98. The zero-order valence-electron chi connectivity index (χ0n) is 12.8. The number of carboxylic acids is 1. The van der Waals surface area contributed by atoms with Crippen LogP contribution in [-0.2, 0) is 11.3 Å². The standard InChI is InChI=1S/C13H22N4O4/c1-5-8-16-11(10(17(20)21)9(4)15-16)14-13(6-2,7-3)12(18)19/h14H,5-8H2,1-4H3,(H,18,19). The molecule has 0 atom stereocenters. The summed E-state index contributed by atoms with van der Waals surface area (Å²) in [5.74, 6) is -0.853. The zero-order valence-corrected chi connectivity index (χ0v) is 12.8. The number of carboxylic acid groups (broad SMARTS) is 1. The van der Waals surface area contributed by atoms with Crippen molar-refractivity contribution >= 4 is 17.5 Å². The fourth-order valence-corrected chi connectivity index (χ4v) is 2.30. The molecule has 0 saturated carbocycles. The van der Waals surface area contributed by atoms with Gasteiger partial charge in [-0.1, -0.05) is 20.8 Å². The lowest BCUT2D eigenvalue weighted by atomic mass is 9.93. The summed E-state index contributed by atoms with van der Waals surface area (Å²) < 4.78 is 1.48. The van der Waals surface area contributed by atoms with Crippen LogP contribution in [0.4, 0.5) is 11.5 Å². The van der Waals surface area contributed by atoms with E-state index in [1.54, 1.807) is 20.8 Å². The number of aliphatic carboxylic acids is 1. The van der Waals surface area contributed by atoms with Crippen LogP contribution >= 0.6 is 0 Å². The van der Waals surface area contributed by atoms with Crippen LogP contribution in [0.15, 0.2) is 0 Å². The molecule has 0 unspecified atom stereocenters. The van der Waals surface area contributed by atoms with Gasteiger partial charge in [0.25, 0.3) is 0 Å². The van der Waals surface area contributed by atoms with Crippen LogP contribution in [0.25, 0.3) is 0 Å². The summed E-state index contributed by atoms with van der Waals surface area (Å²) in [4.78, 5) is 22.3. The van der Waals surface area contributed by atoms with E-state index in [0.29, 0.717) is 19.4 Å². The maximum atomic E-state index is 11.6. The third-order valence-corrected chi connectivity index (χ3v) is 3.69. The van der Waals surface area contributed by atoms with Crippen molar-refractivity contribution in [2.45, 2.75) is 59.0 Å². The SMILES string of the molecule is CCCn1nc(C)c([N+](=O)[O-])c1NC(CC)(CC)C(=O)O. The third kappa shape index (κ3) is 3.14. The molecule has 0 amide bonds. The van der Waals surface area contributed by atoms with Crippen molar-refractivity contribution in [2.24, 2.45) is 0 Å². The quantitative estimate of drug-likeness (QED) is 0.563. The smallest absolute Gasteiger partial charge is 0.333 e. The van der Waals surface area contributed by atoms with Gasteiger partial charge in [0.2, 0.25) is 5.82 Å². The molecule has 0 bridgehead atoms. The molecule has 21 heavy (non-hydrogen) atoms. The summed E-state index contributed by atoms with van der Waals surface area (Å²) in [6.07, 6.45) is 1.37. The number of hydrogen-bond acceptors (Lipinski definition) is 5. The van der Waals surface area contributed by atoms with E-state index in [1.165, 1.54) is 4.68 Å². The van der Waals surface area contributed by atoms with E-state index in [4.69, 9.17) is 0 Å². The maximum Gasteiger partial charge on any atom is 0.333 e. The van der Waals surface area contributed by atoms with Gasteiger partial charge < -0.3 is 10.4 Å². The van der Waals surface area contributed by atoms with Gasteiger partial charge in [0.05, 0.1) is 4.92 Å². The highest BCUT2D eigenvalue weighted by molar-refractivity contribution is 5.83. The molecule has 0 radical (unpaired) electrons. The Morgan fingerprint density at radius 3 is 2.38 bits per heavy atom. The van der Waals surface area contributed by atoms with Crippen molar-refractivity contribution in [3.05, 3.63) is 15.8 Å². The molecule has 0 aliphatic rings. The molecular weight excluding hydrogens is 276 g/mol. The summed E-state index contributed by atoms with van der Waals surface area (Å²) in [6.45, 7) is 7.44. The highest BCUT2D eigenvalue weighted by Crippen LogP contribution is 2.33.